The van der Waals surface area contributed by atoms with Crippen LogP contribution >= 0.6 is 43.6 Å². The number of imide groups is 1. The molecule has 1 saturated heterocycles. The Labute approximate surface area is 219 Å². The maximum atomic E-state index is 12.9. The smallest absolute Gasteiger partial charge is 0.293 e. The van der Waals surface area contributed by atoms with Crippen molar-refractivity contribution in [2.45, 2.75) is 20.1 Å². The number of benzene rings is 3. The molecule has 34 heavy (non-hydrogen) atoms. The van der Waals surface area contributed by atoms with E-state index in [0.717, 1.165) is 31.8 Å². The molecule has 0 aromatic heterocycles. The third-order valence-corrected chi connectivity index (χ3v) is 7.30. The van der Waals surface area contributed by atoms with Crippen LogP contribution < -0.4 is 9.47 Å². The second kappa shape index (κ2) is 10.8. The Hall–Kier alpha value is -2.55. The lowest BCUT2D eigenvalue weighted by molar-refractivity contribution is -0.123. The van der Waals surface area contributed by atoms with Gasteiger partial charge in [-0.3, -0.25) is 14.5 Å². The number of methoxy groups -OCH3 is 1. The van der Waals surface area contributed by atoms with E-state index < -0.39 is 0 Å². The molecule has 0 aliphatic carbocycles. The molecule has 1 aliphatic heterocycles. The summed E-state index contributed by atoms with van der Waals surface area (Å²) in [7, 11) is 1.57. The number of nitrogens with zero attached hydrogens (tertiary/aromatic N) is 1. The van der Waals surface area contributed by atoms with Gasteiger partial charge in [0.25, 0.3) is 11.1 Å². The van der Waals surface area contributed by atoms with Gasteiger partial charge in [-0.05, 0) is 65.7 Å². The minimum absolute atomic E-state index is 0.228. The topological polar surface area (TPSA) is 55.8 Å². The SMILES string of the molecule is COc1cc(/C=C2\SC(=O)N(Cc3ccc(Br)cc3)C2=O)c(Br)cc1OCc1cccc(C)c1. The number of halogens is 2. The largest absolute Gasteiger partial charge is 0.493 e. The Morgan fingerprint density at radius 3 is 2.44 bits per heavy atom. The Morgan fingerprint density at radius 2 is 1.74 bits per heavy atom. The highest BCUT2D eigenvalue weighted by atomic mass is 79.9. The first-order valence-electron chi connectivity index (χ1n) is 10.4. The fourth-order valence-electron chi connectivity index (χ4n) is 3.45. The average molecular weight is 603 g/mol. The van der Waals surface area contributed by atoms with Crippen molar-refractivity contribution in [3.05, 3.63) is 96.8 Å². The first kappa shape index (κ1) is 24.6. The van der Waals surface area contributed by atoms with Crippen LogP contribution in [-0.4, -0.2) is 23.2 Å². The predicted octanol–water partition coefficient (Wildman–Crippen LogP) is 7.34. The third-order valence-electron chi connectivity index (χ3n) is 5.17. The molecule has 1 heterocycles. The zero-order valence-electron chi connectivity index (χ0n) is 18.5. The van der Waals surface area contributed by atoms with E-state index in [-0.39, 0.29) is 17.7 Å². The van der Waals surface area contributed by atoms with Gasteiger partial charge in [-0.25, -0.2) is 0 Å². The van der Waals surface area contributed by atoms with Crippen LogP contribution in [0, 0.1) is 6.92 Å². The van der Waals surface area contributed by atoms with Gasteiger partial charge in [0.2, 0.25) is 0 Å². The van der Waals surface area contributed by atoms with E-state index in [1.165, 1.54) is 10.5 Å². The molecule has 1 fully saturated rings. The fourth-order valence-corrected chi connectivity index (χ4v) is 4.98. The average Bonchev–Trinajstić information content (AvgIpc) is 3.07. The molecule has 1 aliphatic rings. The van der Waals surface area contributed by atoms with Crippen molar-refractivity contribution in [1.82, 2.24) is 4.90 Å². The summed E-state index contributed by atoms with van der Waals surface area (Å²) in [5.74, 6) is 0.802. The van der Waals surface area contributed by atoms with Gasteiger partial charge in [0, 0.05) is 8.95 Å². The van der Waals surface area contributed by atoms with Crippen molar-refractivity contribution < 1.29 is 19.1 Å². The maximum Gasteiger partial charge on any atom is 0.293 e. The molecule has 2 amide bonds. The summed E-state index contributed by atoms with van der Waals surface area (Å²) in [4.78, 5) is 27.1. The lowest BCUT2D eigenvalue weighted by Crippen LogP contribution is -2.27. The van der Waals surface area contributed by atoms with E-state index >= 15 is 0 Å². The van der Waals surface area contributed by atoms with E-state index in [1.807, 2.05) is 55.5 Å². The zero-order valence-corrected chi connectivity index (χ0v) is 22.5. The summed E-state index contributed by atoms with van der Waals surface area (Å²) in [5, 5.41) is -0.291. The van der Waals surface area contributed by atoms with Gasteiger partial charge in [0.15, 0.2) is 11.5 Å². The summed E-state index contributed by atoms with van der Waals surface area (Å²) >= 11 is 7.89. The number of amides is 2. The van der Waals surface area contributed by atoms with Crippen LogP contribution in [0.2, 0.25) is 0 Å². The molecule has 0 radical (unpaired) electrons. The molecule has 0 saturated carbocycles. The highest BCUT2D eigenvalue weighted by Gasteiger charge is 2.35. The Kier molecular flexibility index (Phi) is 7.80. The van der Waals surface area contributed by atoms with Crippen LogP contribution in [0.1, 0.15) is 22.3 Å². The number of rotatable bonds is 7. The van der Waals surface area contributed by atoms with Gasteiger partial charge in [-0.1, -0.05) is 73.8 Å². The molecule has 0 bridgehead atoms. The highest BCUT2D eigenvalue weighted by molar-refractivity contribution is 9.10. The molecular weight excluding hydrogens is 582 g/mol. The van der Waals surface area contributed by atoms with Crippen molar-refractivity contribution in [2.24, 2.45) is 0 Å². The molecule has 3 aromatic rings. The number of carbonyl (C=O) groups excluding carboxylic acids is 2. The third kappa shape index (κ3) is 5.74. The van der Waals surface area contributed by atoms with Gasteiger partial charge < -0.3 is 9.47 Å². The molecule has 0 unspecified atom stereocenters. The van der Waals surface area contributed by atoms with Crippen LogP contribution in [0.3, 0.4) is 0 Å². The fraction of sp³-hybridized carbons (Fsp3) is 0.154. The van der Waals surface area contributed by atoms with Crippen LogP contribution in [0.5, 0.6) is 11.5 Å². The first-order valence-corrected chi connectivity index (χ1v) is 12.8. The lowest BCUT2D eigenvalue weighted by Gasteiger charge is -2.14. The minimum atomic E-state index is -0.316. The summed E-state index contributed by atoms with van der Waals surface area (Å²) in [5.41, 5.74) is 3.82. The molecule has 0 N–H and O–H groups in total. The number of hydrogen-bond acceptors (Lipinski definition) is 5. The van der Waals surface area contributed by atoms with E-state index in [2.05, 4.69) is 37.9 Å². The number of aryl methyl sites for hydroxylation is 1. The number of hydrogen-bond donors (Lipinski definition) is 0. The second-order valence-electron chi connectivity index (χ2n) is 7.70. The second-order valence-corrected chi connectivity index (χ2v) is 10.5. The normalized spacial score (nSPS) is 14.7. The lowest BCUT2D eigenvalue weighted by atomic mass is 10.1. The van der Waals surface area contributed by atoms with Gasteiger partial charge in [0.1, 0.15) is 6.61 Å². The Morgan fingerprint density at radius 1 is 0.971 bits per heavy atom. The van der Waals surface area contributed by atoms with Crippen LogP contribution in [0.4, 0.5) is 4.79 Å². The highest BCUT2D eigenvalue weighted by Crippen LogP contribution is 2.38. The molecule has 4 rings (SSSR count). The van der Waals surface area contributed by atoms with Crippen LogP contribution in [-0.2, 0) is 17.9 Å². The number of ether oxygens (including phenoxy) is 2. The van der Waals surface area contributed by atoms with Crippen molar-refractivity contribution in [2.75, 3.05) is 7.11 Å². The van der Waals surface area contributed by atoms with Gasteiger partial charge >= 0.3 is 0 Å². The number of carbonyl (C=O) groups is 2. The van der Waals surface area contributed by atoms with Gasteiger partial charge in [-0.2, -0.15) is 0 Å². The Bertz CT molecular complexity index is 1270. The van der Waals surface area contributed by atoms with Gasteiger partial charge in [0.05, 0.1) is 18.6 Å². The quantitative estimate of drug-likeness (QED) is 0.265. The summed E-state index contributed by atoms with van der Waals surface area (Å²) < 4.78 is 13.2. The van der Waals surface area contributed by atoms with Crippen molar-refractivity contribution >= 4 is 60.8 Å². The van der Waals surface area contributed by atoms with Crippen LogP contribution in [0.25, 0.3) is 6.08 Å². The Balaban J connectivity index is 1.53. The zero-order chi connectivity index (χ0) is 24.2. The van der Waals surface area contributed by atoms with Crippen molar-refractivity contribution in [3.63, 3.8) is 0 Å². The van der Waals surface area contributed by atoms with Crippen LogP contribution in [0.15, 0.2) is 74.5 Å². The monoisotopic (exact) mass is 601 g/mol. The van der Waals surface area contributed by atoms with E-state index in [4.69, 9.17) is 9.47 Å². The van der Waals surface area contributed by atoms with E-state index in [9.17, 15) is 9.59 Å². The number of thioether (sulfide) groups is 1. The van der Waals surface area contributed by atoms with E-state index in [1.54, 1.807) is 19.3 Å². The molecule has 8 heteroatoms. The maximum absolute atomic E-state index is 12.9. The molecular formula is C26H21Br2NO4S. The summed E-state index contributed by atoms with van der Waals surface area (Å²) in [6.07, 6.45) is 1.70. The molecule has 174 valence electrons. The molecule has 5 nitrogen and oxygen atoms in total. The first-order chi connectivity index (χ1) is 16.3. The summed E-state index contributed by atoms with van der Waals surface area (Å²) in [6, 6.07) is 19.2. The predicted molar refractivity (Wildman–Crippen MR) is 142 cm³/mol. The minimum Gasteiger partial charge on any atom is -0.493 e. The molecule has 0 atom stereocenters. The van der Waals surface area contributed by atoms with Gasteiger partial charge in [-0.15, -0.1) is 0 Å². The summed E-state index contributed by atoms with van der Waals surface area (Å²) in [6.45, 7) is 2.67. The molecule has 3 aromatic carbocycles. The molecule has 0 spiro atoms. The standard InChI is InChI=1S/C26H21Br2NO4S/c1-16-4-3-5-18(10-16)15-33-23-13-21(28)19(11-22(23)32-2)12-24-25(30)29(26(31)34-24)14-17-6-8-20(27)9-7-17/h3-13H,14-15H2,1-2H3/b24-12-. The van der Waals surface area contributed by atoms with Crippen molar-refractivity contribution in [1.29, 1.82) is 0 Å². The van der Waals surface area contributed by atoms with E-state index in [0.29, 0.717) is 28.6 Å². The van der Waals surface area contributed by atoms with Crippen molar-refractivity contribution in [3.8, 4) is 11.5 Å².